The van der Waals surface area contributed by atoms with E-state index in [4.69, 9.17) is 9.47 Å². The number of amides is 1. The molecule has 3 aromatic rings. The predicted molar refractivity (Wildman–Crippen MR) is 103 cm³/mol. The van der Waals surface area contributed by atoms with Crippen LogP contribution in [0, 0.1) is 0 Å². The van der Waals surface area contributed by atoms with Crippen LogP contribution < -0.4 is 14.9 Å². The molecule has 0 radical (unpaired) electrons. The van der Waals surface area contributed by atoms with Crippen molar-refractivity contribution in [2.45, 2.75) is 6.42 Å². The van der Waals surface area contributed by atoms with E-state index in [1.54, 1.807) is 26.5 Å². The molecule has 0 heterocycles. The lowest BCUT2D eigenvalue weighted by molar-refractivity contribution is -0.120. The van der Waals surface area contributed by atoms with Crippen LogP contribution in [-0.2, 0) is 11.2 Å². The maximum Gasteiger partial charge on any atom is 0.244 e. The fourth-order valence-corrected chi connectivity index (χ4v) is 2.85. The molecule has 0 saturated carbocycles. The molecule has 3 aromatic carbocycles. The highest BCUT2D eigenvalue weighted by Gasteiger charge is 2.08. The van der Waals surface area contributed by atoms with Gasteiger partial charge in [0.05, 0.1) is 26.9 Å². The molecule has 5 nitrogen and oxygen atoms in total. The molecule has 1 amide bonds. The number of carbonyl (C=O) groups is 1. The summed E-state index contributed by atoms with van der Waals surface area (Å²) in [5.41, 5.74) is 4.25. The van der Waals surface area contributed by atoms with E-state index in [9.17, 15) is 4.79 Å². The van der Waals surface area contributed by atoms with E-state index < -0.39 is 0 Å². The number of rotatable bonds is 6. The fraction of sp³-hybridized carbons (Fsp3) is 0.143. The summed E-state index contributed by atoms with van der Waals surface area (Å²) in [5.74, 6) is 1.00. The van der Waals surface area contributed by atoms with Crippen LogP contribution in [0.4, 0.5) is 0 Å². The second-order valence-electron chi connectivity index (χ2n) is 5.69. The number of hydrazone groups is 1. The maximum absolute atomic E-state index is 12.2. The van der Waals surface area contributed by atoms with Gasteiger partial charge in [-0.3, -0.25) is 4.79 Å². The number of ether oxygens (including phenoxy) is 2. The summed E-state index contributed by atoms with van der Waals surface area (Å²) in [6, 6.07) is 19.4. The number of methoxy groups -OCH3 is 2. The van der Waals surface area contributed by atoms with Crippen molar-refractivity contribution in [3.8, 4) is 11.5 Å². The van der Waals surface area contributed by atoms with E-state index in [0.717, 1.165) is 21.9 Å². The molecule has 0 saturated heterocycles. The quantitative estimate of drug-likeness (QED) is 0.547. The van der Waals surface area contributed by atoms with Crippen LogP contribution in [-0.4, -0.2) is 26.3 Å². The largest absolute Gasteiger partial charge is 0.493 e. The number of nitrogens with zero attached hydrogens (tertiary/aromatic N) is 1. The lowest BCUT2D eigenvalue weighted by atomic mass is 10.0. The van der Waals surface area contributed by atoms with E-state index in [1.807, 2.05) is 54.6 Å². The smallest absolute Gasteiger partial charge is 0.244 e. The maximum atomic E-state index is 12.2. The molecule has 1 N–H and O–H groups in total. The number of para-hydroxylation sites is 1. The third-order valence-electron chi connectivity index (χ3n) is 4.06. The molecule has 0 spiro atoms. The number of benzene rings is 3. The van der Waals surface area contributed by atoms with E-state index in [-0.39, 0.29) is 12.3 Å². The molecule has 0 aliphatic carbocycles. The first-order valence-electron chi connectivity index (χ1n) is 8.22. The molecule has 0 aromatic heterocycles. The highest BCUT2D eigenvalue weighted by Crippen LogP contribution is 2.29. The zero-order valence-electron chi connectivity index (χ0n) is 14.7. The van der Waals surface area contributed by atoms with E-state index in [2.05, 4.69) is 10.5 Å². The zero-order valence-corrected chi connectivity index (χ0v) is 14.7. The first-order valence-corrected chi connectivity index (χ1v) is 8.22. The van der Waals surface area contributed by atoms with E-state index >= 15 is 0 Å². The number of fused-ring (bicyclic) bond motifs is 1. The second-order valence-corrected chi connectivity index (χ2v) is 5.69. The van der Waals surface area contributed by atoms with Crippen LogP contribution in [0.2, 0.25) is 0 Å². The standard InChI is InChI=1S/C21H20N2O3/c1-25-19-12-6-10-17(21(19)26-2)14-22-23-20(24)13-16-9-5-8-15-7-3-4-11-18(15)16/h3-12,14H,13H2,1-2H3,(H,23,24). The van der Waals surface area contributed by atoms with Crippen LogP contribution in [0.25, 0.3) is 10.8 Å². The van der Waals surface area contributed by atoms with Crippen LogP contribution in [0.1, 0.15) is 11.1 Å². The first kappa shape index (κ1) is 17.5. The average Bonchev–Trinajstić information content (AvgIpc) is 2.68. The number of hydrogen-bond donors (Lipinski definition) is 1. The summed E-state index contributed by atoms with van der Waals surface area (Å²) in [6.45, 7) is 0. The predicted octanol–water partition coefficient (Wildman–Crippen LogP) is 3.55. The Balaban J connectivity index is 1.70. The summed E-state index contributed by atoms with van der Waals surface area (Å²) in [4.78, 5) is 12.2. The van der Waals surface area contributed by atoms with Crippen LogP contribution in [0.5, 0.6) is 11.5 Å². The van der Waals surface area contributed by atoms with Crippen molar-refractivity contribution >= 4 is 22.9 Å². The van der Waals surface area contributed by atoms with Crippen molar-refractivity contribution in [1.82, 2.24) is 5.43 Å². The minimum Gasteiger partial charge on any atom is -0.493 e. The van der Waals surface area contributed by atoms with Gasteiger partial charge in [-0.15, -0.1) is 0 Å². The van der Waals surface area contributed by atoms with Gasteiger partial charge >= 0.3 is 0 Å². The first-order chi connectivity index (χ1) is 12.7. The Morgan fingerprint density at radius 3 is 2.58 bits per heavy atom. The van der Waals surface area contributed by atoms with Gasteiger partial charge in [0.25, 0.3) is 0 Å². The molecule has 0 aliphatic rings. The summed E-state index contributed by atoms with van der Waals surface area (Å²) < 4.78 is 10.6. The Kier molecular flexibility index (Phi) is 5.49. The van der Waals surface area contributed by atoms with Crippen molar-refractivity contribution in [3.05, 3.63) is 71.8 Å². The Morgan fingerprint density at radius 1 is 1.00 bits per heavy atom. The van der Waals surface area contributed by atoms with Gasteiger partial charge in [0.15, 0.2) is 11.5 Å². The third-order valence-corrected chi connectivity index (χ3v) is 4.06. The van der Waals surface area contributed by atoms with Crippen molar-refractivity contribution in [2.75, 3.05) is 14.2 Å². The van der Waals surface area contributed by atoms with Crippen LogP contribution in [0.3, 0.4) is 0 Å². The lowest BCUT2D eigenvalue weighted by Gasteiger charge is -2.09. The molecule has 0 fully saturated rings. The monoisotopic (exact) mass is 348 g/mol. The lowest BCUT2D eigenvalue weighted by Crippen LogP contribution is -2.20. The number of carbonyl (C=O) groups excluding carboxylic acids is 1. The molecule has 0 bridgehead atoms. The van der Waals surface area contributed by atoms with Gasteiger partial charge < -0.3 is 9.47 Å². The van der Waals surface area contributed by atoms with Gasteiger partial charge in [-0.05, 0) is 28.5 Å². The van der Waals surface area contributed by atoms with Crippen molar-refractivity contribution in [3.63, 3.8) is 0 Å². The molecule has 26 heavy (non-hydrogen) atoms. The zero-order chi connectivity index (χ0) is 18.4. The molecular formula is C21H20N2O3. The minimum absolute atomic E-state index is 0.181. The Labute approximate surface area is 152 Å². The third kappa shape index (κ3) is 3.83. The van der Waals surface area contributed by atoms with Gasteiger partial charge in [-0.25, -0.2) is 5.43 Å². The van der Waals surface area contributed by atoms with Gasteiger partial charge in [0.2, 0.25) is 5.91 Å². The highest BCUT2D eigenvalue weighted by molar-refractivity contribution is 5.91. The second kappa shape index (κ2) is 8.16. The minimum atomic E-state index is -0.181. The Morgan fingerprint density at radius 2 is 1.77 bits per heavy atom. The van der Waals surface area contributed by atoms with Crippen molar-refractivity contribution in [1.29, 1.82) is 0 Å². The van der Waals surface area contributed by atoms with Gasteiger partial charge in [0, 0.05) is 5.56 Å². The highest BCUT2D eigenvalue weighted by atomic mass is 16.5. The van der Waals surface area contributed by atoms with Crippen LogP contribution in [0.15, 0.2) is 65.8 Å². The summed E-state index contributed by atoms with van der Waals surface area (Å²) in [5, 5.41) is 6.23. The van der Waals surface area contributed by atoms with E-state index in [0.29, 0.717) is 11.5 Å². The van der Waals surface area contributed by atoms with Gasteiger partial charge in [-0.2, -0.15) is 5.10 Å². The molecule has 132 valence electrons. The summed E-state index contributed by atoms with van der Waals surface area (Å²) >= 11 is 0. The van der Waals surface area contributed by atoms with Gasteiger partial charge in [-0.1, -0.05) is 48.5 Å². The molecule has 0 unspecified atom stereocenters. The molecular weight excluding hydrogens is 328 g/mol. The molecule has 5 heteroatoms. The molecule has 0 atom stereocenters. The molecule has 0 aliphatic heterocycles. The number of hydrogen-bond acceptors (Lipinski definition) is 4. The fourth-order valence-electron chi connectivity index (χ4n) is 2.85. The van der Waals surface area contributed by atoms with Gasteiger partial charge in [0.1, 0.15) is 0 Å². The SMILES string of the molecule is COc1cccc(C=NNC(=O)Cc2cccc3ccccc23)c1OC. The van der Waals surface area contributed by atoms with E-state index in [1.165, 1.54) is 0 Å². The number of nitrogens with one attached hydrogen (secondary N) is 1. The topological polar surface area (TPSA) is 59.9 Å². The summed E-state index contributed by atoms with van der Waals surface area (Å²) in [7, 11) is 3.14. The average molecular weight is 348 g/mol. The Bertz CT molecular complexity index is 946. The Hall–Kier alpha value is -3.34. The van der Waals surface area contributed by atoms with Crippen molar-refractivity contribution in [2.24, 2.45) is 5.10 Å². The normalized spacial score (nSPS) is 10.8. The van der Waals surface area contributed by atoms with Crippen LogP contribution >= 0.6 is 0 Å². The molecule has 3 rings (SSSR count). The summed E-state index contributed by atoms with van der Waals surface area (Å²) in [6.07, 6.45) is 1.80. The van der Waals surface area contributed by atoms with Crippen molar-refractivity contribution < 1.29 is 14.3 Å².